The predicted molar refractivity (Wildman–Crippen MR) is 93.8 cm³/mol. The zero-order chi connectivity index (χ0) is 20.5. The highest BCUT2D eigenvalue weighted by Crippen LogP contribution is 2.45. The second-order valence-corrected chi connectivity index (χ2v) is 6.28. The lowest BCUT2D eigenvalue weighted by atomic mass is 9.92. The lowest BCUT2D eigenvalue weighted by Crippen LogP contribution is -2.43. The second kappa shape index (κ2) is 7.76. The molecule has 0 amide bonds. The van der Waals surface area contributed by atoms with Gasteiger partial charge in [-0.25, -0.2) is 0 Å². The van der Waals surface area contributed by atoms with Crippen LogP contribution in [0.5, 0.6) is 28.7 Å². The van der Waals surface area contributed by atoms with Crippen LogP contribution in [0.3, 0.4) is 0 Å². The summed E-state index contributed by atoms with van der Waals surface area (Å²) in [6, 6.07) is 6.56. The van der Waals surface area contributed by atoms with E-state index in [4.69, 9.17) is 28.4 Å². The fraction of sp³-hybridized carbons (Fsp3) is 0.316. The molecule has 3 N–H and O–H groups in total. The standard InChI is InChI=1S/C19H18O10/c1-24-10-5-13(22)15-14(6-10)28-17(11-3-2-9(20)4-12(11)21)18(16(15)23)29-19-26-7-25-8-27-19/h2-6,17-22H,7-8H2,1H3/t17?,18-/m0/s1. The summed E-state index contributed by atoms with van der Waals surface area (Å²) in [7, 11) is 1.40. The van der Waals surface area contributed by atoms with Crippen LogP contribution in [0.2, 0.25) is 0 Å². The molecule has 29 heavy (non-hydrogen) atoms. The molecule has 2 aromatic carbocycles. The SMILES string of the molecule is COc1cc(O)c2c(c1)OC(c1ccc(O)cc1O)[C@@H](OC1OCOCO1)C2=O. The Morgan fingerprint density at radius 2 is 1.79 bits per heavy atom. The predicted octanol–water partition coefficient (Wildman–Crippen LogP) is 1.78. The molecule has 4 rings (SSSR count). The van der Waals surface area contributed by atoms with E-state index in [0.29, 0.717) is 0 Å². The molecule has 10 heteroatoms. The van der Waals surface area contributed by atoms with Gasteiger partial charge in [-0.2, -0.15) is 0 Å². The van der Waals surface area contributed by atoms with E-state index in [9.17, 15) is 20.1 Å². The van der Waals surface area contributed by atoms with Gasteiger partial charge in [0.1, 0.15) is 34.3 Å². The van der Waals surface area contributed by atoms with Crippen molar-refractivity contribution in [1.29, 1.82) is 0 Å². The van der Waals surface area contributed by atoms with Crippen LogP contribution in [-0.2, 0) is 18.9 Å². The van der Waals surface area contributed by atoms with Crippen molar-refractivity contribution in [2.24, 2.45) is 0 Å². The third-order valence-electron chi connectivity index (χ3n) is 4.48. The Bertz CT molecular complexity index is 921. The highest BCUT2D eigenvalue weighted by molar-refractivity contribution is 6.05. The van der Waals surface area contributed by atoms with Crippen molar-refractivity contribution < 1.29 is 48.5 Å². The Labute approximate surface area is 164 Å². The number of phenols is 3. The summed E-state index contributed by atoms with van der Waals surface area (Å²) < 4.78 is 31.9. The Kier molecular flexibility index (Phi) is 5.16. The topological polar surface area (TPSA) is 133 Å². The molecule has 154 valence electrons. The molecule has 1 unspecified atom stereocenters. The molecule has 1 saturated heterocycles. The van der Waals surface area contributed by atoms with E-state index >= 15 is 0 Å². The van der Waals surface area contributed by atoms with Crippen molar-refractivity contribution in [3.05, 3.63) is 41.5 Å². The average Bonchev–Trinajstić information content (AvgIpc) is 2.70. The van der Waals surface area contributed by atoms with Crippen LogP contribution in [0.25, 0.3) is 0 Å². The number of carbonyl (C=O) groups excluding carboxylic acids is 1. The van der Waals surface area contributed by atoms with Gasteiger partial charge in [-0.05, 0) is 12.1 Å². The molecule has 2 aliphatic rings. The molecule has 2 atom stereocenters. The number of aromatic hydroxyl groups is 3. The van der Waals surface area contributed by atoms with Crippen molar-refractivity contribution >= 4 is 5.78 Å². The van der Waals surface area contributed by atoms with E-state index in [1.165, 1.54) is 31.4 Å². The van der Waals surface area contributed by atoms with Crippen molar-refractivity contribution in [3.8, 4) is 28.7 Å². The zero-order valence-corrected chi connectivity index (χ0v) is 15.2. The number of rotatable bonds is 4. The van der Waals surface area contributed by atoms with Crippen LogP contribution >= 0.6 is 0 Å². The average molecular weight is 406 g/mol. The Morgan fingerprint density at radius 1 is 1.03 bits per heavy atom. The van der Waals surface area contributed by atoms with Gasteiger partial charge in [0, 0.05) is 23.8 Å². The highest BCUT2D eigenvalue weighted by Gasteiger charge is 2.44. The summed E-state index contributed by atoms with van der Waals surface area (Å²) >= 11 is 0. The van der Waals surface area contributed by atoms with E-state index < -0.39 is 24.5 Å². The summed E-state index contributed by atoms with van der Waals surface area (Å²) in [4.78, 5) is 13.2. The van der Waals surface area contributed by atoms with E-state index in [1.807, 2.05) is 0 Å². The van der Waals surface area contributed by atoms with Crippen molar-refractivity contribution in [1.82, 2.24) is 0 Å². The minimum absolute atomic E-state index is 0.0537. The van der Waals surface area contributed by atoms with E-state index in [1.54, 1.807) is 0 Å². The molecular weight excluding hydrogens is 388 g/mol. The number of phenolic OH excluding ortho intramolecular Hbond substituents is 3. The molecule has 10 nitrogen and oxygen atoms in total. The number of methoxy groups -OCH3 is 1. The van der Waals surface area contributed by atoms with Gasteiger partial charge in [-0.1, -0.05) is 0 Å². The molecule has 0 radical (unpaired) electrons. The molecule has 0 bridgehead atoms. The van der Waals surface area contributed by atoms with Gasteiger partial charge in [-0.15, -0.1) is 0 Å². The number of carbonyl (C=O) groups is 1. The van der Waals surface area contributed by atoms with Crippen LogP contribution in [-0.4, -0.2) is 54.4 Å². The number of ether oxygens (including phenoxy) is 6. The molecule has 0 aliphatic carbocycles. The number of benzene rings is 2. The Hall–Kier alpha value is -3.05. The van der Waals surface area contributed by atoms with Crippen molar-refractivity contribution in [2.45, 2.75) is 18.7 Å². The normalized spacial score (nSPS) is 22.0. The van der Waals surface area contributed by atoms with Gasteiger partial charge in [0.2, 0.25) is 5.78 Å². The monoisotopic (exact) mass is 406 g/mol. The lowest BCUT2D eigenvalue weighted by Gasteiger charge is -2.35. The van der Waals surface area contributed by atoms with Gasteiger partial charge in [0.25, 0.3) is 6.48 Å². The zero-order valence-electron chi connectivity index (χ0n) is 15.2. The minimum atomic E-state index is -1.33. The summed E-state index contributed by atoms with van der Waals surface area (Å²) in [5, 5.41) is 30.2. The van der Waals surface area contributed by atoms with E-state index in [2.05, 4.69) is 0 Å². The van der Waals surface area contributed by atoms with Crippen LogP contribution < -0.4 is 9.47 Å². The molecule has 0 saturated carbocycles. The summed E-state index contributed by atoms with van der Waals surface area (Å²) in [6.07, 6.45) is -2.46. The van der Waals surface area contributed by atoms with Gasteiger partial charge < -0.3 is 43.7 Å². The number of hydrogen-bond acceptors (Lipinski definition) is 10. The van der Waals surface area contributed by atoms with Gasteiger partial charge in [-0.3, -0.25) is 4.79 Å². The fourth-order valence-corrected chi connectivity index (χ4v) is 3.13. The van der Waals surface area contributed by atoms with E-state index in [0.717, 1.165) is 6.07 Å². The van der Waals surface area contributed by atoms with Gasteiger partial charge in [0.05, 0.1) is 7.11 Å². The van der Waals surface area contributed by atoms with Crippen LogP contribution in [0.4, 0.5) is 0 Å². The molecule has 2 heterocycles. The summed E-state index contributed by atoms with van der Waals surface area (Å²) in [6.45, 7) is -1.41. The first kappa shape index (κ1) is 19.3. The Balaban J connectivity index is 1.77. The first-order chi connectivity index (χ1) is 14.0. The van der Waals surface area contributed by atoms with Crippen LogP contribution in [0.1, 0.15) is 22.0 Å². The highest BCUT2D eigenvalue weighted by atomic mass is 16.9. The maximum Gasteiger partial charge on any atom is 0.276 e. The lowest BCUT2D eigenvalue weighted by molar-refractivity contribution is -0.391. The van der Waals surface area contributed by atoms with Crippen LogP contribution in [0.15, 0.2) is 30.3 Å². The molecule has 0 spiro atoms. The first-order valence-corrected chi connectivity index (χ1v) is 8.58. The molecule has 2 aromatic rings. The maximum absolute atomic E-state index is 13.2. The molecule has 1 fully saturated rings. The smallest absolute Gasteiger partial charge is 0.276 e. The molecule has 0 aromatic heterocycles. The number of fused-ring (bicyclic) bond motifs is 1. The largest absolute Gasteiger partial charge is 0.508 e. The number of hydrogen-bond donors (Lipinski definition) is 3. The maximum atomic E-state index is 13.2. The third kappa shape index (κ3) is 3.66. The number of Topliss-reactive ketones (excluding diaryl/α,β-unsaturated/α-hetero) is 1. The first-order valence-electron chi connectivity index (χ1n) is 8.58. The van der Waals surface area contributed by atoms with Gasteiger partial charge in [0.15, 0.2) is 25.8 Å². The molecular formula is C19H18O10. The summed E-state index contributed by atoms with van der Waals surface area (Å²) in [5.41, 5.74) is 0.0820. The van der Waals surface area contributed by atoms with Crippen LogP contribution in [0, 0.1) is 0 Å². The van der Waals surface area contributed by atoms with Crippen molar-refractivity contribution in [2.75, 3.05) is 20.7 Å². The van der Waals surface area contributed by atoms with Gasteiger partial charge >= 0.3 is 0 Å². The van der Waals surface area contributed by atoms with Crippen molar-refractivity contribution in [3.63, 3.8) is 0 Å². The fourth-order valence-electron chi connectivity index (χ4n) is 3.13. The number of ketones is 1. The quantitative estimate of drug-likeness (QED) is 0.690. The third-order valence-corrected chi connectivity index (χ3v) is 4.48. The minimum Gasteiger partial charge on any atom is -0.508 e. The molecule has 2 aliphatic heterocycles. The second-order valence-electron chi connectivity index (χ2n) is 6.28. The Morgan fingerprint density at radius 3 is 2.48 bits per heavy atom. The van der Waals surface area contributed by atoms with E-state index in [-0.39, 0.29) is 53.5 Å². The summed E-state index contributed by atoms with van der Waals surface area (Å²) in [5.74, 6) is -1.10.